The van der Waals surface area contributed by atoms with E-state index >= 15 is 0 Å². The van der Waals surface area contributed by atoms with E-state index in [0.29, 0.717) is 5.56 Å². The minimum Gasteiger partial charge on any atom is -0.480 e. The Bertz CT molecular complexity index is 742. The molecule has 0 aliphatic heterocycles. The minimum absolute atomic E-state index is 0.0457. The number of carboxylic acid groups (broad SMARTS) is 1. The number of amides is 3. The largest absolute Gasteiger partial charge is 0.480 e. The number of benzene rings is 1. The van der Waals surface area contributed by atoms with Gasteiger partial charge in [0.25, 0.3) is 0 Å². The molecule has 0 heterocycles. The number of hydrogen-bond donors (Lipinski definition) is 7. The lowest BCUT2D eigenvalue weighted by molar-refractivity contribution is -0.143. The van der Waals surface area contributed by atoms with Crippen molar-refractivity contribution in [2.75, 3.05) is 6.61 Å². The lowest BCUT2D eigenvalue weighted by Crippen LogP contribution is -2.58. The van der Waals surface area contributed by atoms with Gasteiger partial charge in [0.1, 0.15) is 24.2 Å². The van der Waals surface area contributed by atoms with Gasteiger partial charge in [0.15, 0.2) is 0 Å². The number of hydrogen-bond acceptors (Lipinski definition) is 7. The lowest BCUT2D eigenvalue weighted by Gasteiger charge is -2.23. The Labute approximate surface area is 173 Å². The highest BCUT2D eigenvalue weighted by Crippen LogP contribution is 2.05. The van der Waals surface area contributed by atoms with E-state index in [4.69, 9.17) is 15.9 Å². The highest BCUT2D eigenvalue weighted by molar-refractivity contribution is 5.94. The zero-order chi connectivity index (χ0) is 22.8. The van der Waals surface area contributed by atoms with E-state index in [1.807, 2.05) is 0 Å². The Kier molecular flexibility index (Phi) is 9.89. The van der Waals surface area contributed by atoms with Crippen molar-refractivity contribution < 1.29 is 34.5 Å². The Balaban J connectivity index is 2.90. The first-order valence-corrected chi connectivity index (χ1v) is 9.29. The van der Waals surface area contributed by atoms with Crippen molar-refractivity contribution in [3.63, 3.8) is 0 Å². The van der Waals surface area contributed by atoms with Crippen LogP contribution < -0.4 is 21.7 Å². The summed E-state index contributed by atoms with van der Waals surface area (Å²) in [5, 5.41) is 34.5. The third-order valence-corrected chi connectivity index (χ3v) is 4.29. The Morgan fingerprint density at radius 3 is 2.00 bits per heavy atom. The van der Waals surface area contributed by atoms with E-state index < -0.39 is 60.6 Å². The molecular formula is C19H28N4O7. The van der Waals surface area contributed by atoms with Gasteiger partial charge in [-0.1, -0.05) is 30.3 Å². The summed E-state index contributed by atoms with van der Waals surface area (Å²) in [6.07, 6.45) is -1.08. The van der Waals surface area contributed by atoms with Gasteiger partial charge < -0.3 is 37.0 Å². The van der Waals surface area contributed by atoms with Crippen LogP contribution in [0.1, 0.15) is 19.4 Å². The lowest BCUT2D eigenvalue weighted by atomic mass is 10.0. The fourth-order valence-electron chi connectivity index (χ4n) is 2.41. The zero-order valence-corrected chi connectivity index (χ0v) is 16.7. The molecule has 0 spiro atoms. The Morgan fingerprint density at radius 1 is 0.933 bits per heavy atom. The fourth-order valence-corrected chi connectivity index (χ4v) is 2.41. The number of carbonyl (C=O) groups is 4. The number of nitrogens with one attached hydrogen (secondary N) is 3. The predicted molar refractivity (Wildman–Crippen MR) is 106 cm³/mol. The molecule has 1 rings (SSSR count). The molecule has 1 aromatic rings. The van der Waals surface area contributed by atoms with Crippen LogP contribution in [0.5, 0.6) is 0 Å². The van der Waals surface area contributed by atoms with Crippen LogP contribution in [0.4, 0.5) is 0 Å². The van der Waals surface area contributed by atoms with Crippen molar-refractivity contribution in [1.82, 2.24) is 16.0 Å². The van der Waals surface area contributed by atoms with E-state index in [0.717, 1.165) is 0 Å². The second-order valence-corrected chi connectivity index (χ2v) is 6.83. The number of nitrogens with two attached hydrogens (primary N) is 1. The average molecular weight is 424 g/mol. The number of carboxylic acids is 1. The first kappa shape index (κ1) is 25.0. The van der Waals surface area contributed by atoms with Crippen LogP contribution in [0.15, 0.2) is 30.3 Å². The van der Waals surface area contributed by atoms with Crippen molar-refractivity contribution in [2.45, 2.75) is 50.5 Å². The molecule has 0 saturated carbocycles. The standard InChI is InChI=1S/C19H28N4O7/c1-10(21-18(28)15(20)11(2)25)16(26)22-13(8-12-6-4-3-5-7-12)17(27)23-14(9-24)19(29)30/h3-7,10-11,13-15,24-25H,8-9,20H2,1-2H3,(H,21,28)(H,22,26)(H,23,27)(H,29,30). The van der Waals surface area contributed by atoms with Gasteiger partial charge in [-0.05, 0) is 19.4 Å². The van der Waals surface area contributed by atoms with Crippen LogP contribution in [0, 0.1) is 0 Å². The van der Waals surface area contributed by atoms with Crippen LogP contribution in [0.3, 0.4) is 0 Å². The summed E-state index contributed by atoms with van der Waals surface area (Å²) in [7, 11) is 0. The molecule has 166 valence electrons. The number of carbonyl (C=O) groups excluding carboxylic acids is 3. The van der Waals surface area contributed by atoms with Crippen LogP contribution in [-0.2, 0) is 25.6 Å². The molecular weight excluding hydrogens is 396 g/mol. The normalized spacial score (nSPS) is 15.8. The van der Waals surface area contributed by atoms with Crippen molar-refractivity contribution in [3.05, 3.63) is 35.9 Å². The quantitative estimate of drug-likeness (QED) is 0.202. The first-order valence-electron chi connectivity index (χ1n) is 9.29. The Morgan fingerprint density at radius 2 is 1.50 bits per heavy atom. The van der Waals surface area contributed by atoms with Crippen LogP contribution in [0.2, 0.25) is 0 Å². The topological polar surface area (TPSA) is 191 Å². The number of aliphatic hydroxyl groups is 2. The third-order valence-electron chi connectivity index (χ3n) is 4.29. The maximum atomic E-state index is 12.6. The zero-order valence-electron chi connectivity index (χ0n) is 16.7. The van der Waals surface area contributed by atoms with E-state index in [1.165, 1.54) is 13.8 Å². The molecule has 0 radical (unpaired) electrons. The molecule has 5 atom stereocenters. The van der Waals surface area contributed by atoms with Gasteiger partial charge in [0, 0.05) is 6.42 Å². The fraction of sp³-hybridized carbons (Fsp3) is 0.474. The van der Waals surface area contributed by atoms with Crippen molar-refractivity contribution in [1.29, 1.82) is 0 Å². The highest BCUT2D eigenvalue weighted by Gasteiger charge is 2.29. The molecule has 0 aliphatic rings. The minimum atomic E-state index is -1.53. The molecule has 0 saturated heterocycles. The molecule has 0 aliphatic carbocycles. The molecule has 5 unspecified atom stereocenters. The summed E-state index contributed by atoms with van der Waals surface area (Å²) in [5.41, 5.74) is 6.22. The number of rotatable bonds is 11. The molecule has 1 aromatic carbocycles. The molecule has 11 nitrogen and oxygen atoms in total. The molecule has 0 bridgehead atoms. The molecule has 11 heteroatoms. The van der Waals surface area contributed by atoms with E-state index in [9.17, 15) is 24.3 Å². The van der Waals surface area contributed by atoms with Crippen LogP contribution in [0.25, 0.3) is 0 Å². The number of aliphatic carboxylic acids is 1. The molecule has 30 heavy (non-hydrogen) atoms. The summed E-state index contributed by atoms with van der Waals surface area (Å²) in [6, 6.07) is 3.67. The molecule has 0 fully saturated rings. The summed E-state index contributed by atoms with van der Waals surface area (Å²) in [5.74, 6) is -3.70. The summed E-state index contributed by atoms with van der Waals surface area (Å²) in [4.78, 5) is 48.0. The van der Waals surface area contributed by atoms with Gasteiger partial charge in [0.2, 0.25) is 17.7 Å². The second-order valence-electron chi connectivity index (χ2n) is 6.83. The predicted octanol–water partition coefficient (Wildman–Crippen LogP) is -2.51. The van der Waals surface area contributed by atoms with E-state index in [2.05, 4.69) is 16.0 Å². The van der Waals surface area contributed by atoms with Crippen molar-refractivity contribution >= 4 is 23.7 Å². The summed E-state index contributed by atoms with van der Waals surface area (Å²) >= 11 is 0. The first-order chi connectivity index (χ1) is 14.1. The Hall–Kier alpha value is -3.02. The molecule has 3 amide bonds. The van der Waals surface area contributed by atoms with E-state index in [1.54, 1.807) is 30.3 Å². The van der Waals surface area contributed by atoms with E-state index in [-0.39, 0.29) is 6.42 Å². The van der Waals surface area contributed by atoms with Crippen LogP contribution in [-0.4, -0.2) is 75.9 Å². The van der Waals surface area contributed by atoms with Gasteiger partial charge in [-0.25, -0.2) is 4.79 Å². The molecule has 8 N–H and O–H groups in total. The highest BCUT2D eigenvalue weighted by atomic mass is 16.4. The number of aliphatic hydroxyl groups excluding tert-OH is 2. The van der Waals surface area contributed by atoms with Gasteiger partial charge in [-0.15, -0.1) is 0 Å². The van der Waals surface area contributed by atoms with Crippen molar-refractivity contribution in [2.24, 2.45) is 5.73 Å². The SMILES string of the molecule is CC(NC(=O)C(N)C(C)O)C(=O)NC(Cc1ccccc1)C(=O)NC(CO)C(=O)O. The third kappa shape index (κ3) is 7.78. The second kappa shape index (κ2) is 11.9. The van der Waals surface area contributed by atoms with Gasteiger partial charge in [0.05, 0.1) is 12.7 Å². The van der Waals surface area contributed by atoms with Gasteiger partial charge in [-0.2, -0.15) is 0 Å². The maximum Gasteiger partial charge on any atom is 0.328 e. The van der Waals surface area contributed by atoms with Gasteiger partial charge >= 0.3 is 5.97 Å². The summed E-state index contributed by atoms with van der Waals surface area (Å²) in [6.45, 7) is 1.87. The van der Waals surface area contributed by atoms with Gasteiger partial charge in [-0.3, -0.25) is 14.4 Å². The summed E-state index contributed by atoms with van der Waals surface area (Å²) < 4.78 is 0. The maximum absolute atomic E-state index is 12.6. The van der Waals surface area contributed by atoms with Crippen LogP contribution >= 0.6 is 0 Å². The molecule has 0 aromatic heterocycles. The monoisotopic (exact) mass is 424 g/mol. The van der Waals surface area contributed by atoms with Crippen molar-refractivity contribution in [3.8, 4) is 0 Å². The smallest absolute Gasteiger partial charge is 0.328 e. The average Bonchev–Trinajstić information content (AvgIpc) is 2.70.